The highest BCUT2D eigenvalue weighted by Gasteiger charge is 2.31. The van der Waals surface area contributed by atoms with Gasteiger partial charge in [0.05, 0.1) is 6.10 Å². The maximum Gasteiger partial charge on any atom is 0.0945 e. The van der Waals surface area contributed by atoms with Gasteiger partial charge in [-0.05, 0) is 30.5 Å². The lowest BCUT2D eigenvalue weighted by Gasteiger charge is -2.29. The molecule has 1 fully saturated rings. The molecule has 0 amide bonds. The normalized spacial score (nSPS) is 20.9. The zero-order valence-corrected chi connectivity index (χ0v) is 11.7. The highest BCUT2D eigenvalue weighted by molar-refractivity contribution is 5.20. The summed E-state index contributed by atoms with van der Waals surface area (Å²) in [5, 5.41) is 10.6. The van der Waals surface area contributed by atoms with Crippen LogP contribution in [0.2, 0.25) is 0 Å². The minimum atomic E-state index is -0.387. The van der Waals surface area contributed by atoms with Gasteiger partial charge in [-0.15, -0.1) is 0 Å². The largest absolute Gasteiger partial charge is 0.387 e. The minimum Gasteiger partial charge on any atom is -0.387 e. The number of likely N-dealkylation sites (tertiary alicyclic amines) is 1. The van der Waals surface area contributed by atoms with Gasteiger partial charge in [-0.2, -0.15) is 0 Å². The van der Waals surface area contributed by atoms with Gasteiger partial charge in [0.15, 0.2) is 0 Å². The first-order valence-corrected chi connectivity index (χ1v) is 7.35. The van der Waals surface area contributed by atoms with E-state index in [9.17, 15) is 5.11 Å². The highest BCUT2D eigenvalue weighted by Crippen LogP contribution is 2.30. The molecule has 0 aliphatic carbocycles. The fraction of sp³-hybridized carbons (Fsp3) is 0.333. The van der Waals surface area contributed by atoms with Crippen LogP contribution in [0.25, 0.3) is 0 Å². The summed E-state index contributed by atoms with van der Waals surface area (Å²) < 4.78 is 0. The number of aliphatic hydroxyl groups excluding tert-OH is 1. The third-order valence-corrected chi connectivity index (χ3v) is 4.15. The molecule has 1 aliphatic heterocycles. The Labute approximate surface area is 120 Å². The van der Waals surface area contributed by atoms with Crippen molar-refractivity contribution in [2.75, 3.05) is 6.54 Å². The van der Waals surface area contributed by atoms with Crippen LogP contribution in [-0.4, -0.2) is 22.6 Å². The molecule has 2 aromatic carbocycles. The number of rotatable bonds is 4. The smallest absolute Gasteiger partial charge is 0.0945 e. The Kier molecular flexibility index (Phi) is 4.14. The molecule has 104 valence electrons. The van der Waals surface area contributed by atoms with Gasteiger partial charge in [-0.25, -0.2) is 0 Å². The molecule has 0 unspecified atom stereocenters. The lowest BCUT2D eigenvalue weighted by molar-refractivity contribution is 0.0688. The molecule has 0 saturated carbocycles. The summed E-state index contributed by atoms with van der Waals surface area (Å²) in [4.78, 5) is 2.41. The van der Waals surface area contributed by atoms with Crippen LogP contribution in [-0.2, 0) is 6.54 Å². The molecule has 0 bridgehead atoms. The predicted octanol–water partition coefficient (Wildman–Crippen LogP) is 3.38. The molecular formula is C18H21NO. The fourth-order valence-electron chi connectivity index (χ4n) is 3.10. The van der Waals surface area contributed by atoms with Crippen molar-refractivity contribution in [2.45, 2.75) is 31.5 Å². The van der Waals surface area contributed by atoms with Crippen LogP contribution < -0.4 is 0 Å². The van der Waals surface area contributed by atoms with Crippen molar-refractivity contribution < 1.29 is 5.11 Å². The monoisotopic (exact) mass is 267 g/mol. The third kappa shape index (κ3) is 2.92. The van der Waals surface area contributed by atoms with Gasteiger partial charge >= 0.3 is 0 Å². The van der Waals surface area contributed by atoms with Crippen molar-refractivity contribution in [3.05, 3.63) is 71.8 Å². The average molecular weight is 267 g/mol. The van der Waals surface area contributed by atoms with E-state index < -0.39 is 0 Å². The van der Waals surface area contributed by atoms with Crippen molar-refractivity contribution in [3.8, 4) is 0 Å². The lowest BCUT2D eigenvalue weighted by atomic mass is 10.00. The molecular weight excluding hydrogens is 246 g/mol. The second-order valence-corrected chi connectivity index (χ2v) is 5.52. The maximum atomic E-state index is 10.6. The van der Waals surface area contributed by atoms with E-state index in [1.54, 1.807) is 0 Å². The van der Waals surface area contributed by atoms with Crippen molar-refractivity contribution in [3.63, 3.8) is 0 Å². The van der Waals surface area contributed by atoms with Crippen LogP contribution in [0.15, 0.2) is 60.7 Å². The van der Waals surface area contributed by atoms with Gasteiger partial charge in [0.2, 0.25) is 0 Å². The molecule has 1 N–H and O–H groups in total. The summed E-state index contributed by atoms with van der Waals surface area (Å²) in [6.45, 7) is 2.00. The summed E-state index contributed by atoms with van der Waals surface area (Å²) in [5.74, 6) is 0. The zero-order valence-electron chi connectivity index (χ0n) is 11.7. The van der Waals surface area contributed by atoms with Gasteiger partial charge in [-0.3, -0.25) is 4.90 Å². The van der Waals surface area contributed by atoms with Crippen molar-refractivity contribution in [2.24, 2.45) is 0 Å². The van der Waals surface area contributed by atoms with E-state index in [-0.39, 0.29) is 12.1 Å². The van der Waals surface area contributed by atoms with E-state index in [4.69, 9.17) is 0 Å². The van der Waals surface area contributed by atoms with E-state index in [1.807, 2.05) is 36.4 Å². The summed E-state index contributed by atoms with van der Waals surface area (Å²) in [7, 11) is 0. The van der Waals surface area contributed by atoms with E-state index in [0.29, 0.717) is 0 Å². The molecule has 1 saturated heterocycles. The second kappa shape index (κ2) is 6.21. The summed E-state index contributed by atoms with van der Waals surface area (Å²) in [6.07, 6.45) is 1.85. The van der Waals surface area contributed by atoms with Gasteiger partial charge in [0, 0.05) is 12.6 Å². The Balaban J connectivity index is 1.72. The Morgan fingerprint density at radius 1 is 1.00 bits per heavy atom. The topological polar surface area (TPSA) is 23.5 Å². The molecule has 1 heterocycles. The third-order valence-electron chi connectivity index (χ3n) is 4.15. The molecule has 0 spiro atoms. The molecule has 2 aromatic rings. The molecule has 2 heteroatoms. The Morgan fingerprint density at radius 3 is 2.35 bits per heavy atom. The fourth-order valence-corrected chi connectivity index (χ4v) is 3.10. The average Bonchev–Trinajstić information content (AvgIpc) is 2.96. The van der Waals surface area contributed by atoms with Gasteiger partial charge in [-0.1, -0.05) is 60.7 Å². The number of aliphatic hydroxyl groups is 1. The minimum absolute atomic E-state index is 0.234. The zero-order chi connectivity index (χ0) is 13.8. The summed E-state index contributed by atoms with van der Waals surface area (Å²) in [6, 6.07) is 20.8. The van der Waals surface area contributed by atoms with Crippen LogP contribution in [0.5, 0.6) is 0 Å². The van der Waals surface area contributed by atoms with Crippen LogP contribution in [0.3, 0.4) is 0 Å². The molecule has 3 rings (SSSR count). The lowest BCUT2D eigenvalue weighted by Crippen LogP contribution is -2.34. The quantitative estimate of drug-likeness (QED) is 0.918. The van der Waals surface area contributed by atoms with Gasteiger partial charge in [0.25, 0.3) is 0 Å². The molecule has 20 heavy (non-hydrogen) atoms. The van der Waals surface area contributed by atoms with E-state index >= 15 is 0 Å². The van der Waals surface area contributed by atoms with Crippen LogP contribution >= 0.6 is 0 Å². The molecule has 2 nitrogen and oxygen atoms in total. The molecule has 0 radical (unpaired) electrons. The van der Waals surface area contributed by atoms with Gasteiger partial charge < -0.3 is 5.11 Å². The number of hydrogen-bond donors (Lipinski definition) is 1. The van der Waals surface area contributed by atoms with Crippen LogP contribution in [0.1, 0.15) is 30.1 Å². The first-order chi connectivity index (χ1) is 9.84. The maximum absolute atomic E-state index is 10.6. The highest BCUT2D eigenvalue weighted by atomic mass is 16.3. The summed E-state index contributed by atoms with van der Waals surface area (Å²) >= 11 is 0. The Hall–Kier alpha value is -1.64. The van der Waals surface area contributed by atoms with E-state index in [2.05, 4.69) is 29.2 Å². The molecule has 1 aliphatic rings. The predicted molar refractivity (Wildman–Crippen MR) is 81.3 cm³/mol. The summed E-state index contributed by atoms with van der Waals surface area (Å²) in [5.41, 5.74) is 2.34. The van der Waals surface area contributed by atoms with Crippen molar-refractivity contribution >= 4 is 0 Å². The van der Waals surface area contributed by atoms with E-state index in [0.717, 1.165) is 25.1 Å². The number of benzene rings is 2. The first kappa shape index (κ1) is 13.3. The molecule has 0 aromatic heterocycles. The SMILES string of the molecule is O[C@@H](c1ccccc1)[C@H]1CCCN1Cc1ccccc1. The second-order valence-electron chi connectivity index (χ2n) is 5.52. The molecule has 2 atom stereocenters. The first-order valence-electron chi connectivity index (χ1n) is 7.35. The van der Waals surface area contributed by atoms with Crippen LogP contribution in [0.4, 0.5) is 0 Å². The van der Waals surface area contributed by atoms with Crippen LogP contribution in [0, 0.1) is 0 Å². The van der Waals surface area contributed by atoms with E-state index in [1.165, 1.54) is 12.0 Å². The number of nitrogens with zero attached hydrogens (tertiary/aromatic N) is 1. The van der Waals surface area contributed by atoms with Crippen molar-refractivity contribution in [1.29, 1.82) is 0 Å². The number of hydrogen-bond acceptors (Lipinski definition) is 2. The van der Waals surface area contributed by atoms with Crippen molar-refractivity contribution in [1.82, 2.24) is 4.90 Å². The standard InChI is InChI=1S/C18H21NO/c20-18(16-10-5-2-6-11-16)17-12-7-13-19(17)14-15-8-3-1-4-9-15/h1-6,8-11,17-18,20H,7,12-14H2/t17-,18+/m1/s1. The van der Waals surface area contributed by atoms with Gasteiger partial charge in [0.1, 0.15) is 0 Å². The Morgan fingerprint density at radius 2 is 1.65 bits per heavy atom. The Bertz CT molecular complexity index is 526.